The van der Waals surface area contributed by atoms with E-state index in [9.17, 15) is 4.39 Å². The average Bonchev–Trinajstić information content (AvgIpc) is 2.76. The standard InChI is InChI=1S/C20H23ClFN7O/c21-15-9-14(5-6-16(15)22)27-19-18-17(25-11-26-19)10-24-20(29-18)28-13-3-1-12(2-4-13)23-7-8-30/h5-6,9-13,23,30H,1-4,7-8H2,(H,24,28,29)(H,25,26,27). The Labute approximate surface area is 178 Å². The SMILES string of the molecule is OCCNC1CCC(Nc2ncc3ncnc(Nc4ccc(F)c(Cl)c4)c3n2)CC1. The molecule has 158 valence electrons. The van der Waals surface area contributed by atoms with E-state index in [4.69, 9.17) is 16.7 Å². The van der Waals surface area contributed by atoms with Crippen LogP contribution in [0.25, 0.3) is 11.0 Å². The maximum atomic E-state index is 13.4. The fourth-order valence-electron chi connectivity index (χ4n) is 3.62. The van der Waals surface area contributed by atoms with E-state index in [0.29, 0.717) is 41.1 Å². The summed E-state index contributed by atoms with van der Waals surface area (Å²) in [6.07, 6.45) is 7.14. The minimum absolute atomic E-state index is 0.0272. The van der Waals surface area contributed by atoms with Gasteiger partial charge >= 0.3 is 0 Å². The van der Waals surface area contributed by atoms with Crippen LogP contribution in [-0.4, -0.2) is 50.3 Å². The molecular weight excluding hydrogens is 409 g/mol. The fourth-order valence-corrected chi connectivity index (χ4v) is 3.80. The number of aliphatic hydroxyl groups excluding tert-OH is 1. The van der Waals surface area contributed by atoms with E-state index in [1.807, 2.05) is 0 Å². The molecule has 1 aromatic carbocycles. The van der Waals surface area contributed by atoms with Crippen molar-refractivity contribution in [2.45, 2.75) is 37.8 Å². The van der Waals surface area contributed by atoms with E-state index in [1.54, 1.807) is 12.3 Å². The molecule has 30 heavy (non-hydrogen) atoms. The Morgan fingerprint density at radius 2 is 1.90 bits per heavy atom. The van der Waals surface area contributed by atoms with Crippen LogP contribution in [0.15, 0.2) is 30.7 Å². The molecule has 1 aliphatic carbocycles. The van der Waals surface area contributed by atoms with E-state index in [2.05, 4.69) is 35.9 Å². The van der Waals surface area contributed by atoms with Crippen molar-refractivity contribution >= 4 is 40.1 Å². The molecule has 4 N–H and O–H groups in total. The molecule has 4 rings (SSSR count). The molecule has 1 saturated carbocycles. The Morgan fingerprint density at radius 3 is 2.67 bits per heavy atom. The molecule has 0 amide bonds. The molecule has 0 saturated heterocycles. The van der Waals surface area contributed by atoms with Gasteiger partial charge in [0.2, 0.25) is 5.95 Å². The molecule has 0 unspecified atom stereocenters. The van der Waals surface area contributed by atoms with Crippen molar-refractivity contribution in [1.82, 2.24) is 25.3 Å². The molecular formula is C20H23ClFN7O. The highest BCUT2D eigenvalue weighted by Gasteiger charge is 2.21. The van der Waals surface area contributed by atoms with E-state index >= 15 is 0 Å². The van der Waals surface area contributed by atoms with Crippen molar-refractivity contribution in [3.05, 3.63) is 41.6 Å². The first-order chi connectivity index (χ1) is 14.6. The smallest absolute Gasteiger partial charge is 0.223 e. The quantitative estimate of drug-likeness (QED) is 0.451. The van der Waals surface area contributed by atoms with Gasteiger partial charge in [0.1, 0.15) is 23.2 Å². The Kier molecular flexibility index (Phi) is 6.51. The van der Waals surface area contributed by atoms with E-state index in [1.165, 1.54) is 18.5 Å². The molecule has 8 nitrogen and oxygen atoms in total. The molecule has 2 heterocycles. The summed E-state index contributed by atoms with van der Waals surface area (Å²) in [5.41, 5.74) is 1.76. The lowest BCUT2D eigenvalue weighted by atomic mass is 9.91. The normalized spacial score (nSPS) is 19.0. The van der Waals surface area contributed by atoms with Crippen molar-refractivity contribution in [2.24, 2.45) is 0 Å². The highest BCUT2D eigenvalue weighted by molar-refractivity contribution is 6.31. The van der Waals surface area contributed by atoms with Gasteiger partial charge in [-0.25, -0.2) is 24.3 Å². The third-order valence-corrected chi connectivity index (χ3v) is 5.45. The number of aromatic nitrogens is 4. The fraction of sp³-hybridized carbons (Fsp3) is 0.400. The zero-order chi connectivity index (χ0) is 20.9. The predicted molar refractivity (Wildman–Crippen MR) is 115 cm³/mol. The number of anilines is 3. The van der Waals surface area contributed by atoms with Crippen LogP contribution in [0.2, 0.25) is 5.02 Å². The van der Waals surface area contributed by atoms with Crippen LogP contribution in [0, 0.1) is 5.82 Å². The Morgan fingerprint density at radius 1 is 1.10 bits per heavy atom. The summed E-state index contributed by atoms with van der Waals surface area (Å²) in [6.45, 7) is 0.789. The molecule has 3 aromatic rings. The summed E-state index contributed by atoms with van der Waals surface area (Å²) in [4.78, 5) is 17.5. The van der Waals surface area contributed by atoms with Crippen molar-refractivity contribution in [2.75, 3.05) is 23.8 Å². The van der Waals surface area contributed by atoms with Gasteiger partial charge in [-0.3, -0.25) is 0 Å². The number of hydrogen-bond acceptors (Lipinski definition) is 8. The Balaban J connectivity index is 1.48. The highest BCUT2D eigenvalue weighted by atomic mass is 35.5. The molecule has 0 atom stereocenters. The second kappa shape index (κ2) is 9.46. The number of benzene rings is 1. The summed E-state index contributed by atoms with van der Waals surface area (Å²) in [7, 11) is 0. The summed E-state index contributed by atoms with van der Waals surface area (Å²) in [6, 6.07) is 5.10. The number of hydrogen-bond donors (Lipinski definition) is 4. The molecule has 1 fully saturated rings. The zero-order valence-electron chi connectivity index (χ0n) is 16.3. The average molecular weight is 432 g/mol. The van der Waals surface area contributed by atoms with Crippen LogP contribution in [0.4, 0.5) is 21.8 Å². The van der Waals surface area contributed by atoms with Gasteiger partial charge in [0.05, 0.1) is 17.8 Å². The molecule has 0 bridgehead atoms. The number of nitrogens with one attached hydrogen (secondary N) is 3. The minimum Gasteiger partial charge on any atom is -0.395 e. The number of fused-ring (bicyclic) bond motifs is 1. The first-order valence-corrected chi connectivity index (χ1v) is 10.3. The highest BCUT2D eigenvalue weighted by Crippen LogP contribution is 2.26. The van der Waals surface area contributed by atoms with Crippen molar-refractivity contribution in [3.63, 3.8) is 0 Å². The topological polar surface area (TPSA) is 108 Å². The maximum absolute atomic E-state index is 13.4. The molecule has 2 aromatic heterocycles. The number of halogens is 2. The van der Waals surface area contributed by atoms with Gasteiger partial charge in [-0.05, 0) is 43.9 Å². The second-order valence-electron chi connectivity index (χ2n) is 7.27. The Bertz CT molecular complexity index is 1010. The third-order valence-electron chi connectivity index (χ3n) is 5.16. The number of rotatable bonds is 7. The van der Waals surface area contributed by atoms with Gasteiger partial charge < -0.3 is 21.1 Å². The summed E-state index contributed by atoms with van der Waals surface area (Å²) < 4.78 is 13.4. The first kappa shape index (κ1) is 20.6. The van der Waals surface area contributed by atoms with Gasteiger partial charge in [-0.2, -0.15) is 0 Å². The number of aliphatic hydroxyl groups is 1. The van der Waals surface area contributed by atoms with Gasteiger partial charge in [0.25, 0.3) is 0 Å². The zero-order valence-corrected chi connectivity index (χ0v) is 17.0. The number of nitrogens with zero attached hydrogens (tertiary/aromatic N) is 4. The van der Waals surface area contributed by atoms with Gasteiger partial charge in [0.15, 0.2) is 5.82 Å². The van der Waals surface area contributed by atoms with E-state index in [-0.39, 0.29) is 17.7 Å². The molecule has 0 spiro atoms. The maximum Gasteiger partial charge on any atom is 0.223 e. The predicted octanol–water partition coefficient (Wildman–Crippen LogP) is 3.26. The van der Waals surface area contributed by atoms with Crippen LogP contribution >= 0.6 is 11.6 Å². The monoisotopic (exact) mass is 431 g/mol. The summed E-state index contributed by atoms with van der Waals surface area (Å²) in [5, 5.41) is 18.8. The lowest BCUT2D eigenvalue weighted by Crippen LogP contribution is -2.38. The van der Waals surface area contributed by atoms with E-state index < -0.39 is 5.82 Å². The Hall–Kier alpha value is -2.62. The van der Waals surface area contributed by atoms with Crippen molar-refractivity contribution < 1.29 is 9.50 Å². The largest absolute Gasteiger partial charge is 0.395 e. The first-order valence-electron chi connectivity index (χ1n) is 9.93. The van der Waals surface area contributed by atoms with Crippen LogP contribution in [0.5, 0.6) is 0 Å². The van der Waals surface area contributed by atoms with E-state index in [0.717, 1.165) is 25.7 Å². The van der Waals surface area contributed by atoms with Crippen LogP contribution in [-0.2, 0) is 0 Å². The summed E-state index contributed by atoms with van der Waals surface area (Å²) in [5.74, 6) is 0.527. The summed E-state index contributed by atoms with van der Waals surface area (Å²) >= 11 is 5.87. The molecule has 0 radical (unpaired) electrons. The van der Waals surface area contributed by atoms with Gasteiger partial charge in [-0.15, -0.1) is 0 Å². The van der Waals surface area contributed by atoms with Crippen LogP contribution in [0.3, 0.4) is 0 Å². The molecule has 0 aliphatic heterocycles. The van der Waals surface area contributed by atoms with Gasteiger partial charge in [0, 0.05) is 24.3 Å². The van der Waals surface area contributed by atoms with Gasteiger partial charge in [-0.1, -0.05) is 11.6 Å². The second-order valence-corrected chi connectivity index (χ2v) is 7.68. The molecule has 1 aliphatic rings. The minimum atomic E-state index is -0.482. The lowest BCUT2D eigenvalue weighted by Gasteiger charge is -2.29. The van der Waals surface area contributed by atoms with Crippen LogP contribution < -0.4 is 16.0 Å². The van der Waals surface area contributed by atoms with Crippen LogP contribution in [0.1, 0.15) is 25.7 Å². The van der Waals surface area contributed by atoms with Crippen molar-refractivity contribution in [1.29, 1.82) is 0 Å². The third kappa shape index (κ3) is 4.92. The molecule has 10 heteroatoms. The lowest BCUT2D eigenvalue weighted by molar-refractivity contribution is 0.269. The van der Waals surface area contributed by atoms with Crippen molar-refractivity contribution in [3.8, 4) is 0 Å².